The lowest BCUT2D eigenvalue weighted by Crippen LogP contribution is -2.43. The Morgan fingerprint density at radius 3 is 1.86 bits per heavy atom. The van der Waals surface area contributed by atoms with Crippen molar-refractivity contribution in [3.05, 3.63) is 96.2 Å². The highest BCUT2D eigenvalue weighted by molar-refractivity contribution is 6.03. The molecule has 1 aliphatic rings. The van der Waals surface area contributed by atoms with Crippen LogP contribution in [0.25, 0.3) is 33.8 Å². The number of aromatic nitrogens is 2. The van der Waals surface area contributed by atoms with Crippen LogP contribution in [0.2, 0.25) is 0 Å². The van der Waals surface area contributed by atoms with E-state index in [1.165, 1.54) is 0 Å². The minimum Gasteiger partial charge on any atom is -0.465 e. The van der Waals surface area contributed by atoms with Crippen molar-refractivity contribution in [3.8, 4) is 33.8 Å². The molecule has 0 saturated heterocycles. The number of esters is 2. The van der Waals surface area contributed by atoms with E-state index in [0.717, 1.165) is 33.5 Å². The quantitative estimate of drug-likeness (QED) is 0.244. The van der Waals surface area contributed by atoms with Gasteiger partial charge in [0, 0.05) is 30.2 Å². The summed E-state index contributed by atoms with van der Waals surface area (Å²) >= 11 is 0. The van der Waals surface area contributed by atoms with Crippen LogP contribution in [0, 0.1) is 5.41 Å². The van der Waals surface area contributed by atoms with E-state index in [1.807, 2.05) is 78.9 Å². The van der Waals surface area contributed by atoms with E-state index in [2.05, 4.69) is 4.98 Å². The van der Waals surface area contributed by atoms with Gasteiger partial charge in [0.25, 0.3) is 0 Å². The fraction of sp³-hybridized carbons (Fsp3) is 0.226. The van der Waals surface area contributed by atoms with Crippen LogP contribution >= 0.6 is 0 Å². The summed E-state index contributed by atoms with van der Waals surface area (Å²) in [6.07, 6.45) is 2.05. The Kier molecular flexibility index (Phi) is 6.82. The summed E-state index contributed by atoms with van der Waals surface area (Å²) in [5, 5.41) is 0. The number of ether oxygens (including phenoxy) is 2. The fourth-order valence-corrected chi connectivity index (χ4v) is 5.07. The maximum Gasteiger partial charge on any atom is 0.324 e. The van der Waals surface area contributed by atoms with Gasteiger partial charge in [0.15, 0.2) is 5.41 Å². The van der Waals surface area contributed by atoms with Crippen LogP contribution in [-0.4, -0.2) is 35.1 Å². The van der Waals surface area contributed by atoms with Gasteiger partial charge in [0.1, 0.15) is 0 Å². The first-order chi connectivity index (χ1) is 18.1. The number of hydrogen-bond donors (Lipinski definition) is 0. The number of carbonyl (C=O) groups is 2. The van der Waals surface area contributed by atoms with Crippen LogP contribution in [0.1, 0.15) is 25.0 Å². The molecule has 4 aromatic rings. The van der Waals surface area contributed by atoms with Crippen LogP contribution in [-0.2, 0) is 31.9 Å². The van der Waals surface area contributed by atoms with E-state index in [1.54, 1.807) is 20.0 Å². The number of rotatable bonds is 7. The Balaban J connectivity index is 1.84. The van der Waals surface area contributed by atoms with Crippen molar-refractivity contribution in [2.45, 2.75) is 26.7 Å². The van der Waals surface area contributed by atoms with Gasteiger partial charge in [-0.25, -0.2) is 4.98 Å². The molecule has 0 unspecified atom stereocenters. The molecule has 6 heteroatoms. The molecular weight excluding hydrogens is 464 g/mol. The molecule has 2 aromatic carbocycles. The molecule has 2 aromatic heterocycles. The van der Waals surface area contributed by atoms with Crippen LogP contribution in [0.15, 0.2) is 85.1 Å². The normalized spacial score (nSPS) is 13.6. The van der Waals surface area contributed by atoms with Crippen molar-refractivity contribution in [1.82, 2.24) is 9.97 Å². The summed E-state index contributed by atoms with van der Waals surface area (Å²) in [5.74, 6) is -1.14. The highest BCUT2D eigenvalue weighted by Crippen LogP contribution is 2.49. The lowest BCUT2D eigenvalue weighted by atomic mass is 9.84. The van der Waals surface area contributed by atoms with Gasteiger partial charge in [-0.05, 0) is 42.7 Å². The molecule has 0 bridgehead atoms. The molecule has 0 N–H and O–H groups in total. The lowest BCUT2D eigenvalue weighted by molar-refractivity contribution is -0.171. The topological polar surface area (TPSA) is 78.4 Å². The van der Waals surface area contributed by atoms with Crippen molar-refractivity contribution >= 4 is 11.9 Å². The number of fused-ring (bicyclic) bond motifs is 1. The van der Waals surface area contributed by atoms with E-state index < -0.39 is 17.4 Å². The molecule has 2 heterocycles. The van der Waals surface area contributed by atoms with Crippen LogP contribution in [0.4, 0.5) is 0 Å². The summed E-state index contributed by atoms with van der Waals surface area (Å²) in [7, 11) is 0. The fourth-order valence-electron chi connectivity index (χ4n) is 5.07. The second-order valence-corrected chi connectivity index (χ2v) is 8.96. The highest BCUT2D eigenvalue weighted by Gasteiger charge is 2.54. The predicted molar refractivity (Wildman–Crippen MR) is 141 cm³/mol. The first kappa shape index (κ1) is 24.4. The third-order valence-electron chi connectivity index (χ3n) is 6.72. The molecule has 0 radical (unpaired) electrons. The van der Waals surface area contributed by atoms with Gasteiger partial charge in [0.05, 0.1) is 30.3 Å². The summed E-state index contributed by atoms with van der Waals surface area (Å²) in [4.78, 5) is 36.7. The first-order valence-corrected chi connectivity index (χ1v) is 12.5. The Morgan fingerprint density at radius 2 is 1.30 bits per heavy atom. The maximum absolute atomic E-state index is 13.4. The van der Waals surface area contributed by atoms with Gasteiger partial charge in [-0.1, -0.05) is 66.7 Å². The van der Waals surface area contributed by atoms with Gasteiger partial charge >= 0.3 is 11.9 Å². The van der Waals surface area contributed by atoms with Gasteiger partial charge in [-0.15, -0.1) is 0 Å². The van der Waals surface area contributed by atoms with Crippen molar-refractivity contribution in [2.75, 3.05) is 13.2 Å². The number of carbonyl (C=O) groups excluding carboxylic acids is 2. The summed E-state index contributed by atoms with van der Waals surface area (Å²) < 4.78 is 10.9. The van der Waals surface area contributed by atoms with Crippen molar-refractivity contribution in [1.29, 1.82) is 0 Å². The van der Waals surface area contributed by atoms with E-state index in [-0.39, 0.29) is 26.1 Å². The van der Waals surface area contributed by atoms with Crippen molar-refractivity contribution in [3.63, 3.8) is 0 Å². The number of nitrogens with zero attached hydrogens (tertiary/aromatic N) is 2. The zero-order valence-electron chi connectivity index (χ0n) is 20.9. The molecule has 0 aliphatic heterocycles. The maximum atomic E-state index is 13.4. The molecule has 37 heavy (non-hydrogen) atoms. The molecule has 0 amide bonds. The smallest absolute Gasteiger partial charge is 0.324 e. The van der Waals surface area contributed by atoms with E-state index in [9.17, 15) is 9.59 Å². The van der Waals surface area contributed by atoms with E-state index in [0.29, 0.717) is 11.4 Å². The zero-order chi connectivity index (χ0) is 25.8. The lowest BCUT2D eigenvalue weighted by Gasteiger charge is -2.24. The third-order valence-corrected chi connectivity index (χ3v) is 6.72. The van der Waals surface area contributed by atoms with Crippen molar-refractivity contribution < 1.29 is 19.1 Å². The SMILES string of the molecule is CCOC(=O)C1(C(=O)OCC)Cc2c(-c3ccccc3)nc(-c3ccccn3)c(-c3ccccc3)c2C1. The minimum absolute atomic E-state index is 0.152. The Labute approximate surface area is 216 Å². The number of pyridine rings is 2. The molecule has 6 nitrogen and oxygen atoms in total. The number of benzene rings is 2. The zero-order valence-corrected chi connectivity index (χ0v) is 20.9. The second-order valence-electron chi connectivity index (χ2n) is 8.96. The van der Waals surface area contributed by atoms with Gasteiger partial charge < -0.3 is 9.47 Å². The second kappa shape index (κ2) is 10.3. The monoisotopic (exact) mass is 492 g/mol. The van der Waals surface area contributed by atoms with Crippen LogP contribution < -0.4 is 0 Å². The molecule has 186 valence electrons. The molecule has 0 spiro atoms. The largest absolute Gasteiger partial charge is 0.465 e. The average Bonchev–Trinajstić information content (AvgIpc) is 3.36. The Bertz CT molecular complexity index is 1400. The number of hydrogen-bond acceptors (Lipinski definition) is 6. The summed E-state index contributed by atoms with van der Waals surface area (Å²) in [5.41, 5.74) is 5.11. The Hall–Kier alpha value is -4.32. The van der Waals surface area contributed by atoms with E-state index in [4.69, 9.17) is 14.5 Å². The molecule has 1 aliphatic carbocycles. The summed E-state index contributed by atoms with van der Waals surface area (Å²) in [6.45, 7) is 3.82. The minimum atomic E-state index is -1.48. The molecule has 0 atom stereocenters. The van der Waals surface area contributed by atoms with Gasteiger partial charge in [-0.2, -0.15) is 0 Å². The average molecular weight is 493 g/mol. The van der Waals surface area contributed by atoms with Crippen molar-refractivity contribution in [2.24, 2.45) is 5.41 Å². The molecular formula is C31H28N2O4. The van der Waals surface area contributed by atoms with E-state index >= 15 is 0 Å². The Morgan fingerprint density at radius 1 is 0.730 bits per heavy atom. The van der Waals surface area contributed by atoms with Gasteiger partial charge in [0.2, 0.25) is 0 Å². The van der Waals surface area contributed by atoms with Crippen LogP contribution in [0.5, 0.6) is 0 Å². The summed E-state index contributed by atoms with van der Waals surface area (Å²) in [6, 6.07) is 25.5. The highest BCUT2D eigenvalue weighted by atomic mass is 16.6. The molecule has 0 fully saturated rings. The van der Waals surface area contributed by atoms with Crippen LogP contribution in [0.3, 0.4) is 0 Å². The molecule has 0 saturated carbocycles. The third kappa shape index (κ3) is 4.40. The standard InChI is InChI=1S/C31H28N2O4/c1-3-36-29(34)31(30(35)37-4-2)19-23-24(20-31)27(22-15-9-6-10-16-22)33-28(25-17-11-12-18-32-25)26(23)21-13-7-5-8-14-21/h5-18H,3-4,19-20H2,1-2H3. The first-order valence-electron chi connectivity index (χ1n) is 12.5. The van der Waals surface area contributed by atoms with Gasteiger partial charge in [-0.3, -0.25) is 14.6 Å². The molecule has 5 rings (SSSR count). The predicted octanol–water partition coefficient (Wildman–Crippen LogP) is 5.69.